The van der Waals surface area contributed by atoms with Crippen molar-refractivity contribution in [2.75, 3.05) is 13.1 Å². The summed E-state index contributed by atoms with van der Waals surface area (Å²) in [6.07, 6.45) is 4.88. The van der Waals surface area contributed by atoms with Crippen LogP contribution in [0.1, 0.15) is 26.2 Å². The number of nitrogens with zero attached hydrogens (tertiary/aromatic N) is 1. The molecule has 0 saturated carbocycles. The van der Waals surface area contributed by atoms with Crippen LogP contribution in [0.3, 0.4) is 0 Å². The number of carbonyl (C=O) groups excluding carboxylic acids is 1. The van der Waals surface area contributed by atoms with Crippen LogP contribution in [0.5, 0.6) is 0 Å². The van der Waals surface area contributed by atoms with E-state index in [0.29, 0.717) is 11.8 Å². The zero-order valence-corrected chi connectivity index (χ0v) is 7.55. The van der Waals surface area contributed by atoms with Crippen molar-refractivity contribution >= 4 is 5.78 Å². The summed E-state index contributed by atoms with van der Waals surface area (Å²) < 4.78 is 0. The lowest BCUT2D eigenvalue weighted by Crippen LogP contribution is -2.37. The number of piperidine rings is 1. The lowest BCUT2D eigenvalue weighted by molar-refractivity contribution is -0.122. The third-order valence-electron chi connectivity index (χ3n) is 2.97. The summed E-state index contributed by atoms with van der Waals surface area (Å²) in [4.78, 5) is 13.6. The van der Waals surface area contributed by atoms with Gasteiger partial charge in [-0.15, -0.1) is 0 Å². The third kappa shape index (κ3) is 1.31. The van der Waals surface area contributed by atoms with Crippen molar-refractivity contribution in [1.82, 2.24) is 4.90 Å². The van der Waals surface area contributed by atoms with Gasteiger partial charge in [-0.1, -0.05) is 11.6 Å². The standard InChI is InChI=1S/C10H15NO/c1-2-8-5-9-6-10(12)3-4-11(9)7-8/h2,9H,3-7H2,1H3/b8-2-. The SMILES string of the molecule is C/C=C1/CC2CC(=O)CCN2C1. The highest BCUT2D eigenvalue weighted by molar-refractivity contribution is 5.80. The summed E-state index contributed by atoms with van der Waals surface area (Å²) >= 11 is 0. The number of carbonyl (C=O) groups is 1. The van der Waals surface area contributed by atoms with Gasteiger partial charge in [0.15, 0.2) is 0 Å². The molecular weight excluding hydrogens is 150 g/mol. The van der Waals surface area contributed by atoms with Crippen molar-refractivity contribution in [2.24, 2.45) is 0 Å². The molecule has 0 aromatic carbocycles. The van der Waals surface area contributed by atoms with Gasteiger partial charge in [0.2, 0.25) is 0 Å². The van der Waals surface area contributed by atoms with E-state index in [-0.39, 0.29) is 0 Å². The Morgan fingerprint density at radius 3 is 3.08 bits per heavy atom. The molecule has 0 amide bonds. The van der Waals surface area contributed by atoms with Crippen molar-refractivity contribution in [1.29, 1.82) is 0 Å². The molecule has 2 aliphatic rings. The Morgan fingerprint density at radius 2 is 2.33 bits per heavy atom. The molecule has 2 fully saturated rings. The first-order chi connectivity index (χ1) is 5.79. The van der Waals surface area contributed by atoms with Crippen LogP contribution >= 0.6 is 0 Å². The topological polar surface area (TPSA) is 20.3 Å². The van der Waals surface area contributed by atoms with Crippen molar-refractivity contribution in [3.63, 3.8) is 0 Å². The minimum atomic E-state index is 0.452. The van der Waals surface area contributed by atoms with Gasteiger partial charge < -0.3 is 0 Å². The third-order valence-corrected chi connectivity index (χ3v) is 2.97. The van der Waals surface area contributed by atoms with E-state index in [2.05, 4.69) is 17.9 Å². The van der Waals surface area contributed by atoms with Crippen LogP contribution in [-0.4, -0.2) is 29.8 Å². The number of Topliss-reactive ketones (excluding diaryl/α,β-unsaturated/α-hetero) is 1. The predicted octanol–water partition coefficient (Wildman–Crippen LogP) is 1.37. The summed E-state index contributed by atoms with van der Waals surface area (Å²) in [6, 6.07) is 0.539. The number of allylic oxidation sites excluding steroid dienone is 1. The van der Waals surface area contributed by atoms with E-state index >= 15 is 0 Å². The molecule has 0 spiro atoms. The fourth-order valence-electron chi connectivity index (χ4n) is 2.19. The molecule has 66 valence electrons. The second kappa shape index (κ2) is 3.02. The van der Waals surface area contributed by atoms with E-state index in [4.69, 9.17) is 0 Å². The first-order valence-corrected chi connectivity index (χ1v) is 4.69. The average molecular weight is 165 g/mol. The molecule has 0 aliphatic carbocycles. The van der Waals surface area contributed by atoms with Gasteiger partial charge in [-0.25, -0.2) is 0 Å². The summed E-state index contributed by atoms with van der Waals surface area (Å²) in [5.41, 5.74) is 1.51. The Kier molecular flexibility index (Phi) is 2.01. The smallest absolute Gasteiger partial charge is 0.135 e. The highest BCUT2D eigenvalue weighted by Gasteiger charge is 2.32. The Morgan fingerprint density at radius 1 is 1.50 bits per heavy atom. The van der Waals surface area contributed by atoms with Crippen LogP contribution in [0.15, 0.2) is 11.6 Å². The van der Waals surface area contributed by atoms with E-state index in [1.54, 1.807) is 0 Å². The normalized spacial score (nSPS) is 34.2. The van der Waals surface area contributed by atoms with Crippen LogP contribution in [-0.2, 0) is 4.79 Å². The largest absolute Gasteiger partial charge is 0.300 e. The lowest BCUT2D eigenvalue weighted by Gasteiger charge is -2.27. The van der Waals surface area contributed by atoms with Crippen LogP contribution in [0.25, 0.3) is 0 Å². The minimum absolute atomic E-state index is 0.452. The van der Waals surface area contributed by atoms with Crippen LogP contribution < -0.4 is 0 Å². The van der Waals surface area contributed by atoms with Gasteiger partial charge in [-0.2, -0.15) is 0 Å². The summed E-state index contributed by atoms with van der Waals surface area (Å²) in [7, 11) is 0. The van der Waals surface area contributed by atoms with E-state index in [1.165, 1.54) is 5.57 Å². The molecule has 2 nitrogen and oxygen atoms in total. The van der Waals surface area contributed by atoms with E-state index in [1.807, 2.05) is 0 Å². The van der Waals surface area contributed by atoms with Gasteiger partial charge in [0.1, 0.15) is 5.78 Å². The maximum Gasteiger partial charge on any atom is 0.135 e. The summed E-state index contributed by atoms with van der Waals surface area (Å²) in [5.74, 6) is 0.452. The van der Waals surface area contributed by atoms with E-state index in [9.17, 15) is 4.79 Å². The fraction of sp³-hybridized carbons (Fsp3) is 0.700. The molecule has 2 aliphatic heterocycles. The lowest BCUT2D eigenvalue weighted by atomic mass is 10.0. The number of rotatable bonds is 0. The van der Waals surface area contributed by atoms with Gasteiger partial charge in [0, 0.05) is 32.0 Å². The first-order valence-electron chi connectivity index (χ1n) is 4.69. The molecule has 2 heteroatoms. The Balaban J connectivity index is 2.07. The van der Waals surface area contributed by atoms with E-state index < -0.39 is 0 Å². The molecule has 1 atom stereocenters. The molecular formula is C10H15NO. The zero-order valence-electron chi connectivity index (χ0n) is 7.55. The van der Waals surface area contributed by atoms with E-state index in [0.717, 1.165) is 32.4 Å². The van der Waals surface area contributed by atoms with Crippen LogP contribution in [0.4, 0.5) is 0 Å². The molecule has 1 unspecified atom stereocenters. The van der Waals surface area contributed by atoms with Crippen molar-refractivity contribution < 1.29 is 4.79 Å². The number of ketones is 1. The molecule has 0 aromatic heterocycles. The Bertz CT molecular complexity index is 232. The fourth-order valence-corrected chi connectivity index (χ4v) is 2.19. The van der Waals surface area contributed by atoms with Gasteiger partial charge in [0.05, 0.1) is 0 Å². The van der Waals surface area contributed by atoms with Gasteiger partial charge in [-0.3, -0.25) is 9.69 Å². The predicted molar refractivity (Wildman–Crippen MR) is 48.0 cm³/mol. The first kappa shape index (κ1) is 7.99. The average Bonchev–Trinajstić information content (AvgIpc) is 2.46. The number of hydrogen-bond donors (Lipinski definition) is 0. The maximum atomic E-state index is 11.2. The molecule has 0 bridgehead atoms. The van der Waals surface area contributed by atoms with Gasteiger partial charge in [0.25, 0.3) is 0 Å². The molecule has 2 heterocycles. The molecule has 0 N–H and O–H groups in total. The summed E-state index contributed by atoms with van der Waals surface area (Å²) in [5, 5.41) is 0. The van der Waals surface area contributed by atoms with Gasteiger partial charge >= 0.3 is 0 Å². The molecule has 0 radical (unpaired) electrons. The molecule has 12 heavy (non-hydrogen) atoms. The van der Waals surface area contributed by atoms with Crippen molar-refractivity contribution in [3.8, 4) is 0 Å². The van der Waals surface area contributed by atoms with Gasteiger partial charge in [-0.05, 0) is 13.3 Å². The monoisotopic (exact) mass is 165 g/mol. The molecule has 2 rings (SSSR count). The molecule has 2 saturated heterocycles. The maximum absolute atomic E-state index is 11.2. The second-order valence-corrected chi connectivity index (χ2v) is 3.77. The number of hydrogen-bond acceptors (Lipinski definition) is 2. The summed E-state index contributed by atoms with van der Waals surface area (Å²) in [6.45, 7) is 4.19. The minimum Gasteiger partial charge on any atom is -0.300 e. The quantitative estimate of drug-likeness (QED) is 0.505. The van der Waals surface area contributed by atoms with Crippen molar-refractivity contribution in [3.05, 3.63) is 11.6 Å². The Hall–Kier alpha value is -0.630. The number of fused-ring (bicyclic) bond motifs is 1. The highest BCUT2D eigenvalue weighted by atomic mass is 16.1. The Labute approximate surface area is 73.2 Å². The van der Waals surface area contributed by atoms with Crippen LogP contribution in [0, 0.1) is 0 Å². The zero-order chi connectivity index (χ0) is 8.55. The highest BCUT2D eigenvalue weighted by Crippen LogP contribution is 2.28. The second-order valence-electron chi connectivity index (χ2n) is 3.77. The molecule has 0 aromatic rings. The van der Waals surface area contributed by atoms with Crippen LogP contribution in [0.2, 0.25) is 0 Å². The van der Waals surface area contributed by atoms with Crippen molar-refractivity contribution in [2.45, 2.75) is 32.2 Å².